The first kappa shape index (κ1) is 32.1. The van der Waals surface area contributed by atoms with E-state index in [1.54, 1.807) is 66.4 Å². The SMILES string of the molecule is CCOC(=O)CN(C(=O)c1ccccc1)c1ccc(NC(=O)c2ccc(N3CCN(C(=O)OC(C)(C)C)CC3)c(C)c2)cc1. The van der Waals surface area contributed by atoms with Crippen molar-refractivity contribution >= 4 is 40.9 Å². The highest BCUT2D eigenvalue weighted by Crippen LogP contribution is 2.25. The van der Waals surface area contributed by atoms with Gasteiger partial charge in [-0.15, -0.1) is 0 Å². The third kappa shape index (κ3) is 8.37. The monoisotopic (exact) mass is 600 g/mol. The van der Waals surface area contributed by atoms with Gasteiger partial charge in [-0.05, 0) is 94.8 Å². The van der Waals surface area contributed by atoms with E-state index in [1.165, 1.54) is 4.90 Å². The van der Waals surface area contributed by atoms with Crippen LogP contribution in [0.5, 0.6) is 0 Å². The molecular weight excluding hydrogens is 560 g/mol. The molecule has 1 heterocycles. The Morgan fingerprint density at radius 3 is 2.11 bits per heavy atom. The topological polar surface area (TPSA) is 108 Å². The largest absolute Gasteiger partial charge is 0.465 e. The van der Waals surface area contributed by atoms with E-state index in [-0.39, 0.29) is 31.1 Å². The molecule has 3 aromatic rings. The van der Waals surface area contributed by atoms with Crippen molar-refractivity contribution < 1.29 is 28.7 Å². The Bertz CT molecular complexity index is 1480. The van der Waals surface area contributed by atoms with Crippen LogP contribution in [0.25, 0.3) is 0 Å². The minimum atomic E-state index is -0.533. The fourth-order valence-corrected chi connectivity index (χ4v) is 4.89. The summed E-state index contributed by atoms with van der Waals surface area (Å²) in [7, 11) is 0. The van der Waals surface area contributed by atoms with Crippen LogP contribution in [0.1, 0.15) is 54.0 Å². The molecule has 0 atom stereocenters. The van der Waals surface area contributed by atoms with Crippen LogP contribution in [0.3, 0.4) is 0 Å². The molecule has 0 unspecified atom stereocenters. The lowest BCUT2D eigenvalue weighted by Crippen LogP contribution is -2.50. The fraction of sp³-hybridized carbons (Fsp3) is 0.353. The number of hydrogen-bond acceptors (Lipinski definition) is 7. The summed E-state index contributed by atoms with van der Waals surface area (Å²) in [6.45, 7) is 11.7. The van der Waals surface area contributed by atoms with Gasteiger partial charge in [0.25, 0.3) is 11.8 Å². The van der Waals surface area contributed by atoms with Gasteiger partial charge in [0.1, 0.15) is 12.1 Å². The molecule has 0 radical (unpaired) electrons. The van der Waals surface area contributed by atoms with Crippen LogP contribution in [0.2, 0.25) is 0 Å². The van der Waals surface area contributed by atoms with Gasteiger partial charge in [0.2, 0.25) is 0 Å². The number of piperazine rings is 1. The van der Waals surface area contributed by atoms with Crippen molar-refractivity contribution in [2.45, 2.75) is 40.2 Å². The molecule has 1 saturated heterocycles. The molecule has 0 bridgehead atoms. The lowest BCUT2D eigenvalue weighted by molar-refractivity contribution is -0.141. The van der Waals surface area contributed by atoms with E-state index < -0.39 is 11.6 Å². The summed E-state index contributed by atoms with van der Waals surface area (Å²) in [6, 6.07) is 21.0. The quantitative estimate of drug-likeness (QED) is 0.340. The van der Waals surface area contributed by atoms with Crippen molar-refractivity contribution in [3.8, 4) is 0 Å². The Kier molecular flexibility index (Phi) is 10.3. The second-order valence-corrected chi connectivity index (χ2v) is 11.5. The molecule has 10 heteroatoms. The number of anilines is 3. The van der Waals surface area contributed by atoms with Crippen molar-refractivity contribution in [2.24, 2.45) is 0 Å². The molecule has 0 saturated carbocycles. The molecule has 0 spiro atoms. The number of rotatable bonds is 8. The molecule has 1 fully saturated rings. The number of benzene rings is 3. The molecule has 0 aromatic heterocycles. The van der Waals surface area contributed by atoms with Crippen LogP contribution >= 0.6 is 0 Å². The first-order valence-electron chi connectivity index (χ1n) is 14.7. The molecule has 1 N–H and O–H groups in total. The number of nitrogens with one attached hydrogen (secondary N) is 1. The minimum Gasteiger partial charge on any atom is -0.465 e. The van der Waals surface area contributed by atoms with E-state index in [9.17, 15) is 19.2 Å². The van der Waals surface area contributed by atoms with E-state index in [1.807, 2.05) is 45.9 Å². The highest BCUT2D eigenvalue weighted by atomic mass is 16.6. The maximum Gasteiger partial charge on any atom is 0.410 e. The second kappa shape index (κ2) is 14.1. The van der Waals surface area contributed by atoms with Gasteiger partial charge >= 0.3 is 12.1 Å². The molecule has 3 amide bonds. The number of carbonyl (C=O) groups is 4. The van der Waals surface area contributed by atoms with Crippen molar-refractivity contribution in [1.29, 1.82) is 0 Å². The highest BCUT2D eigenvalue weighted by Gasteiger charge is 2.27. The van der Waals surface area contributed by atoms with Gasteiger partial charge in [0.15, 0.2) is 0 Å². The van der Waals surface area contributed by atoms with Gasteiger partial charge < -0.3 is 24.6 Å². The molecule has 3 aromatic carbocycles. The van der Waals surface area contributed by atoms with Crippen LogP contribution in [0.15, 0.2) is 72.8 Å². The lowest BCUT2D eigenvalue weighted by Gasteiger charge is -2.37. The maximum atomic E-state index is 13.2. The van der Waals surface area contributed by atoms with Gasteiger partial charge in [0, 0.05) is 54.4 Å². The lowest BCUT2D eigenvalue weighted by atomic mass is 10.1. The number of amides is 3. The number of nitrogens with zero attached hydrogens (tertiary/aromatic N) is 3. The van der Waals surface area contributed by atoms with E-state index in [2.05, 4.69) is 10.2 Å². The molecule has 232 valence electrons. The number of aryl methyl sites for hydroxylation is 1. The van der Waals surface area contributed by atoms with Crippen LogP contribution in [-0.2, 0) is 14.3 Å². The Hall–Kier alpha value is -4.86. The average molecular weight is 601 g/mol. The van der Waals surface area contributed by atoms with Crippen LogP contribution < -0.4 is 15.1 Å². The summed E-state index contributed by atoms with van der Waals surface area (Å²) in [4.78, 5) is 56.3. The molecule has 4 rings (SSSR count). The van der Waals surface area contributed by atoms with Crippen LogP contribution in [0.4, 0.5) is 21.9 Å². The average Bonchev–Trinajstić information content (AvgIpc) is 3.00. The van der Waals surface area contributed by atoms with E-state index in [4.69, 9.17) is 9.47 Å². The standard InChI is InChI=1S/C34H40N4O6/c1-6-43-30(39)23-38(32(41)25-10-8-7-9-11-25)28-15-13-27(14-16-28)35-31(40)26-12-17-29(24(2)22-26)36-18-20-37(21-19-36)33(42)44-34(3,4)5/h7-17,22H,6,18-21,23H2,1-5H3,(H,35,40). The van der Waals surface area contributed by atoms with Crippen molar-refractivity contribution in [3.05, 3.63) is 89.5 Å². The molecule has 1 aliphatic heterocycles. The predicted octanol–water partition coefficient (Wildman–Crippen LogP) is 5.51. The van der Waals surface area contributed by atoms with Gasteiger partial charge in [-0.25, -0.2) is 4.79 Å². The van der Waals surface area contributed by atoms with Gasteiger partial charge in [-0.1, -0.05) is 18.2 Å². The number of hydrogen-bond donors (Lipinski definition) is 1. The zero-order valence-corrected chi connectivity index (χ0v) is 26.0. The predicted molar refractivity (Wildman–Crippen MR) is 170 cm³/mol. The smallest absolute Gasteiger partial charge is 0.410 e. The number of carbonyl (C=O) groups excluding carboxylic acids is 4. The van der Waals surface area contributed by atoms with Crippen molar-refractivity contribution in [2.75, 3.05) is 54.4 Å². The summed E-state index contributed by atoms with van der Waals surface area (Å²) in [5.74, 6) is -1.12. The summed E-state index contributed by atoms with van der Waals surface area (Å²) >= 11 is 0. The van der Waals surface area contributed by atoms with E-state index >= 15 is 0 Å². The number of esters is 1. The Morgan fingerprint density at radius 1 is 0.864 bits per heavy atom. The Labute approximate surface area is 258 Å². The van der Waals surface area contributed by atoms with E-state index in [0.717, 1.165) is 11.3 Å². The summed E-state index contributed by atoms with van der Waals surface area (Å²) < 4.78 is 10.6. The molecular formula is C34H40N4O6. The summed E-state index contributed by atoms with van der Waals surface area (Å²) in [6.07, 6.45) is -0.302. The van der Waals surface area contributed by atoms with Crippen molar-refractivity contribution in [1.82, 2.24) is 4.90 Å². The van der Waals surface area contributed by atoms with Crippen LogP contribution in [0, 0.1) is 6.92 Å². The zero-order chi connectivity index (χ0) is 31.9. The Balaban J connectivity index is 1.40. The Morgan fingerprint density at radius 2 is 1.52 bits per heavy atom. The number of ether oxygens (including phenoxy) is 2. The third-order valence-electron chi connectivity index (χ3n) is 7.03. The van der Waals surface area contributed by atoms with E-state index in [0.29, 0.717) is 48.7 Å². The fourth-order valence-electron chi connectivity index (χ4n) is 4.89. The first-order chi connectivity index (χ1) is 20.9. The minimum absolute atomic E-state index is 0.211. The zero-order valence-electron chi connectivity index (χ0n) is 26.0. The van der Waals surface area contributed by atoms with Gasteiger partial charge in [-0.2, -0.15) is 0 Å². The molecule has 0 aliphatic carbocycles. The third-order valence-corrected chi connectivity index (χ3v) is 7.03. The molecule has 10 nitrogen and oxygen atoms in total. The summed E-state index contributed by atoms with van der Waals surface area (Å²) in [5.41, 5.74) is 3.42. The highest BCUT2D eigenvalue weighted by molar-refractivity contribution is 6.09. The molecule has 1 aliphatic rings. The van der Waals surface area contributed by atoms with Crippen molar-refractivity contribution in [3.63, 3.8) is 0 Å². The van der Waals surface area contributed by atoms with Crippen LogP contribution in [-0.4, -0.2) is 73.7 Å². The molecule has 44 heavy (non-hydrogen) atoms. The van der Waals surface area contributed by atoms with Gasteiger partial charge in [-0.3, -0.25) is 19.3 Å². The normalized spacial score (nSPS) is 13.2. The first-order valence-corrected chi connectivity index (χ1v) is 14.7. The van der Waals surface area contributed by atoms with Gasteiger partial charge in [0.05, 0.1) is 6.61 Å². The second-order valence-electron chi connectivity index (χ2n) is 11.5. The maximum absolute atomic E-state index is 13.2. The summed E-state index contributed by atoms with van der Waals surface area (Å²) in [5, 5.41) is 2.90.